The Morgan fingerprint density at radius 2 is 1.82 bits per heavy atom. The summed E-state index contributed by atoms with van der Waals surface area (Å²) in [7, 11) is 2.70. The number of methoxy groups -OCH3 is 2. The number of nitrogens with one attached hydrogen (secondary N) is 1. The van der Waals surface area contributed by atoms with Crippen molar-refractivity contribution >= 4 is 38.5 Å². The van der Waals surface area contributed by atoms with E-state index in [1.165, 1.54) is 13.2 Å². The van der Waals surface area contributed by atoms with Gasteiger partial charge in [0.2, 0.25) is 0 Å². The Hall–Kier alpha value is -3.95. The van der Waals surface area contributed by atoms with Gasteiger partial charge in [-0.2, -0.15) is 0 Å². The Kier molecular flexibility index (Phi) is 8.62. The number of pyridine rings is 1. The molecule has 1 aromatic heterocycles. The lowest BCUT2D eigenvalue weighted by Gasteiger charge is -2.35. The van der Waals surface area contributed by atoms with Crippen LogP contribution < -0.4 is 14.2 Å². The Balaban J connectivity index is 1.26. The fourth-order valence-corrected chi connectivity index (χ4v) is 6.32. The van der Waals surface area contributed by atoms with Crippen molar-refractivity contribution < 1.29 is 18.7 Å². The number of benzene rings is 3. The summed E-state index contributed by atoms with van der Waals surface area (Å²) in [5.41, 5.74) is 2.96. The standard InChI is InChI=1S/C31H33FN4O3S/c1-4-40(29-9-5-7-22-8-6-14-33-30(22)29)34-24-11-13-26(28(19-24)39-3)31(37)36-17-15-35(16-18-36)21-23-10-12-25(38-2)20-27(23)32/h4-14,19-20,34H,15-18,21H2,1-3H3. The van der Waals surface area contributed by atoms with Gasteiger partial charge in [-0.25, -0.2) is 4.39 Å². The largest absolute Gasteiger partial charge is 0.497 e. The quantitative estimate of drug-likeness (QED) is 0.274. The lowest BCUT2D eigenvalue weighted by atomic mass is 10.1. The molecule has 0 spiro atoms. The molecule has 1 N–H and O–H groups in total. The Labute approximate surface area is 236 Å². The van der Waals surface area contributed by atoms with E-state index in [-0.39, 0.29) is 11.7 Å². The summed E-state index contributed by atoms with van der Waals surface area (Å²) < 4.78 is 28.7. The number of anilines is 1. The lowest BCUT2D eigenvalue weighted by molar-refractivity contribution is 0.0624. The third kappa shape index (κ3) is 5.95. The van der Waals surface area contributed by atoms with Crippen LogP contribution in [-0.2, 0) is 6.54 Å². The lowest BCUT2D eigenvalue weighted by Crippen LogP contribution is -2.48. The Morgan fingerprint density at radius 3 is 2.55 bits per heavy atom. The van der Waals surface area contributed by atoms with Gasteiger partial charge in [-0.1, -0.05) is 34.9 Å². The van der Waals surface area contributed by atoms with Crippen molar-refractivity contribution in [3.8, 4) is 11.5 Å². The molecular weight excluding hydrogens is 527 g/mol. The van der Waals surface area contributed by atoms with Gasteiger partial charge >= 0.3 is 0 Å². The van der Waals surface area contributed by atoms with Crippen molar-refractivity contribution in [1.82, 2.24) is 14.8 Å². The first kappa shape index (κ1) is 27.6. The zero-order chi connectivity index (χ0) is 28.1. The summed E-state index contributed by atoms with van der Waals surface area (Å²) in [6.45, 7) is 4.95. The van der Waals surface area contributed by atoms with E-state index in [2.05, 4.69) is 38.2 Å². The van der Waals surface area contributed by atoms with Gasteiger partial charge in [-0.3, -0.25) is 14.7 Å². The molecule has 2 heterocycles. The normalized spacial score (nSPS) is 14.8. The fraction of sp³-hybridized carbons (Fsp3) is 0.258. The van der Waals surface area contributed by atoms with Crippen molar-refractivity contribution in [2.75, 3.05) is 45.1 Å². The number of para-hydroxylation sites is 1. The number of fused-ring (bicyclic) bond motifs is 1. The van der Waals surface area contributed by atoms with Crippen LogP contribution >= 0.6 is 10.7 Å². The molecule has 4 aromatic rings. The van der Waals surface area contributed by atoms with Crippen LogP contribution in [0.3, 0.4) is 0 Å². The molecule has 7 nitrogen and oxygen atoms in total. The molecule has 1 amide bonds. The van der Waals surface area contributed by atoms with Gasteiger partial charge in [0.15, 0.2) is 0 Å². The van der Waals surface area contributed by atoms with E-state index < -0.39 is 10.7 Å². The smallest absolute Gasteiger partial charge is 0.257 e. The molecule has 5 rings (SSSR count). The van der Waals surface area contributed by atoms with Crippen molar-refractivity contribution in [3.63, 3.8) is 0 Å². The van der Waals surface area contributed by atoms with Crippen LogP contribution in [0.2, 0.25) is 0 Å². The van der Waals surface area contributed by atoms with Crippen LogP contribution in [0.25, 0.3) is 10.9 Å². The summed E-state index contributed by atoms with van der Waals surface area (Å²) in [6.07, 6.45) is 1.81. The van der Waals surface area contributed by atoms with Crippen LogP contribution in [0.5, 0.6) is 11.5 Å². The molecule has 0 saturated carbocycles. The van der Waals surface area contributed by atoms with Gasteiger partial charge in [0, 0.05) is 72.6 Å². The highest BCUT2D eigenvalue weighted by molar-refractivity contribution is 8.16. The summed E-state index contributed by atoms with van der Waals surface area (Å²) in [6, 6.07) is 20.7. The number of rotatable bonds is 8. The third-order valence-electron chi connectivity index (χ3n) is 7.04. The molecule has 0 radical (unpaired) electrons. The molecule has 208 valence electrons. The van der Waals surface area contributed by atoms with E-state index in [4.69, 9.17) is 9.47 Å². The summed E-state index contributed by atoms with van der Waals surface area (Å²) in [4.78, 5) is 23.1. The first-order valence-corrected chi connectivity index (χ1v) is 14.4. The first-order valence-electron chi connectivity index (χ1n) is 13.2. The maximum atomic E-state index is 14.4. The number of carbonyl (C=O) groups excluding carboxylic acids is 1. The van der Waals surface area contributed by atoms with E-state index in [9.17, 15) is 9.18 Å². The number of aromatic nitrogens is 1. The van der Waals surface area contributed by atoms with Gasteiger partial charge in [-0.05, 0) is 42.6 Å². The minimum absolute atomic E-state index is 0.0713. The number of piperazine rings is 1. The van der Waals surface area contributed by atoms with Crippen LogP contribution in [0, 0.1) is 5.82 Å². The molecule has 0 aliphatic carbocycles. The summed E-state index contributed by atoms with van der Waals surface area (Å²) in [5.74, 6) is 0.671. The molecule has 1 unspecified atom stereocenters. The average molecular weight is 561 g/mol. The highest BCUT2D eigenvalue weighted by atomic mass is 32.2. The molecule has 9 heteroatoms. The molecule has 1 aliphatic heterocycles. The van der Waals surface area contributed by atoms with Crippen LogP contribution in [0.1, 0.15) is 22.8 Å². The number of amides is 1. The minimum atomic E-state index is -0.405. The average Bonchev–Trinajstić information content (AvgIpc) is 3.00. The number of hydrogen-bond acceptors (Lipinski definition) is 6. The van der Waals surface area contributed by atoms with Crippen molar-refractivity contribution in [1.29, 1.82) is 0 Å². The van der Waals surface area contributed by atoms with E-state index in [1.807, 2.05) is 48.4 Å². The fourth-order valence-electron chi connectivity index (χ4n) is 4.86. The van der Waals surface area contributed by atoms with Gasteiger partial charge in [0.1, 0.15) is 17.3 Å². The number of hydrogen-bond donors (Lipinski definition) is 1. The number of nitrogens with zero attached hydrogens (tertiary/aromatic N) is 3. The predicted molar refractivity (Wildman–Crippen MR) is 160 cm³/mol. The SMILES string of the molecule is C/C=S(\Nc1ccc(C(=O)N2CCN(Cc3ccc(OC)cc3F)CC2)c(OC)c1)c1cccc2cccnc12. The highest BCUT2D eigenvalue weighted by Gasteiger charge is 2.25. The molecule has 40 heavy (non-hydrogen) atoms. The molecule has 1 atom stereocenters. The molecule has 1 saturated heterocycles. The molecule has 0 bridgehead atoms. The summed E-state index contributed by atoms with van der Waals surface area (Å²) in [5, 5.41) is 3.21. The van der Waals surface area contributed by atoms with Crippen molar-refractivity contribution in [2.24, 2.45) is 0 Å². The second-order valence-electron chi connectivity index (χ2n) is 9.45. The maximum absolute atomic E-state index is 14.4. The maximum Gasteiger partial charge on any atom is 0.257 e. The zero-order valence-corrected chi connectivity index (χ0v) is 23.7. The molecular formula is C31H33FN4O3S. The molecule has 1 fully saturated rings. The topological polar surface area (TPSA) is 66.9 Å². The second-order valence-corrected chi connectivity index (χ2v) is 11.2. The van der Waals surface area contributed by atoms with Gasteiger partial charge in [0.05, 0.1) is 25.3 Å². The van der Waals surface area contributed by atoms with Crippen molar-refractivity contribution in [3.05, 3.63) is 89.9 Å². The van der Waals surface area contributed by atoms with E-state index in [0.717, 1.165) is 21.5 Å². The monoisotopic (exact) mass is 560 g/mol. The number of ether oxygens (including phenoxy) is 2. The van der Waals surface area contributed by atoms with Crippen LogP contribution in [0.4, 0.5) is 10.1 Å². The predicted octanol–water partition coefficient (Wildman–Crippen LogP) is 5.83. The molecule has 1 aliphatic rings. The second kappa shape index (κ2) is 12.5. The van der Waals surface area contributed by atoms with Crippen LogP contribution in [0.15, 0.2) is 77.8 Å². The van der Waals surface area contributed by atoms with Crippen molar-refractivity contribution in [2.45, 2.75) is 18.4 Å². The van der Waals surface area contributed by atoms with E-state index >= 15 is 0 Å². The minimum Gasteiger partial charge on any atom is -0.497 e. The zero-order valence-electron chi connectivity index (χ0n) is 22.9. The van der Waals surface area contributed by atoms with Crippen LogP contribution in [-0.4, -0.2) is 66.5 Å². The van der Waals surface area contributed by atoms with Gasteiger partial charge < -0.3 is 19.1 Å². The van der Waals surface area contributed by atoms with E-state index in [0.29, 0.717) is 55.3 Å². The van der Waals surface area contributed by atoms with Gasteiger partial charge in [0.25, 0.3) is 5.91 Å². The third-order valence-corrected chi connectivity index (χ3v) is 8.77. The Morgan fingerprint density at radius 1 is 1.02 bits per heavy atom. The number of halogens is 1. The molecule has 3 aromatic carbocycles. The number of carbonyl (C=O) groups is 1. The highest BCUT2D eigenvalue weighted by Crippen LogP contribution is 2.35. The van der Waals surface area contributed by atoms with E-state index in [1.54, 1.807) is 19.2 Å². The Bertz CT molecular complexity index is 1550. The van der Waals surface area contributed by atoms with Gasteiger partial charge in [-0.15, -0.1) is 0 Å². The summed E-state index contributed by atoms with van der Waals surface area (Å²) >= 11 is 0. The first-order chi connectivity index (χ1) is 19.5.